The molecule has 1 atom stereocenters. The number of hydrogen-bond acceptors (Lipinski definition) is 5. The zero-order chi connectivity index (χ0) is 15.5. The smallest absolute Gasteiger partial charge is 0.225 e. The molecule has 2 heterocycles. The van der Waals surface area contributed by atoms with Crippen molar-refractivity contribution in [2.24, 2.45) is 5.73 Å². The van der Waals surface area contributed by atoms with Gasteiger partial charge in [0.15, 0.2) is 0 Å². The van der Waals surface area contributed by atoms with Gasteiger partial charge in [-0.3, -0.25) is 0 Å². The van der Waals surface area contributed by atoms with E-state index in [4.69, 9.17) is 5.73 Å². The number of hydrogen-bond donors (Lipinski definition) is 1. The highest BCUT2D eigenvalue weighted by molar-refractivity contribution is 5.40. The molecular weight excluding hydrogens is 274 g/mol. The lowest BCUT2D eigenvalue weighted by Crippen LogP contribution is -2.32. The Morgan fingerprint density at radius 1 is 1.23 bits per heavy atom. The molecule has 116 valence electrons. The summed E-state index contributed by atoms with van der Waals surface area (Å²) in [5, 5.41) is 0. The number of aromatic nitrogens is 2. The van der Waals surface area contributed by atoms with Gasteiger partial charge in [-0.05, 0) is 37.7 Å². The summed E-state index contributed by atoms with van der Waals surface area (Å²) >= 11 is 0. The molecule has 0 aliphatic carbocycles. The van der Waals surface area contributed by atoms with Crippen molar-refractivity contribution in [2.75, 3.05) is 32.1 Å². The van der Waals surface area contributed by atoms with E-state index >= 15 is 0 Å². The van der Waals surface area contributed by atoms with Crippen LogP contribution in [0, 0.1) is 0 Å². The highest BCUT2D eigenvalue weighted by Crippen LogP contribution is 2.22. The number of nitrogens with two attached hydrogens (primary N) is 1. The van der Waals surface area contributed by atoms with Gasteiger partial charge in [-0.15, -0.1) is 0 Å². The molecule has 2 aromatic rings. The van der Waals surface area contributed by atoms with E-state index in [9.17, 15) is 0 Å². The van der Waals surface area contributed by atoms with E-state index in [0.717, 1.165) is 37.7 Å². The molecule has 0 spiro atoms. The molecule has 1 aliphatic rings. The van der Waals surface area contributed by atoms with Gasteiger partial charge in [0.1, 0.15) is 0 Å². The first-order valence-corrected chi connectivity index (χ1v) is 7.68. The van der Waals surface area contributed by atoms with Crippen LogP contribution in [0.25, 0.3) is 0 Å². The monoisotopic (exact) mass is 297 g/mol. The fourth-order valence-electron chi connectivity index (χ4n) is 2.87. The molecule has 5 nitrogen and oxygen atoms in total. The minimum absolute atomic E-state index is 0.0890. The van der Waals surface area contributed by atoms with Crippen molar-refractivity contribution in [2.45, 2.75) is 19.0 Å². The summed E-state index contributed by atoms with van der Waals surface area (Å²) in [7, 11) is 4.03. The van der Waals surface area contributed by atoms with Crippen LogP contribution in [0.4, 0.5) is 5.95 Å². The summed E-state index contributed by atoms with van der Waals surface area (Å²) in [4.78, 5) is 13.4. The van der Waals surface area contributed by atoms with Crippen molar-refractivity contribution >= 4 is 5.95 Å². The first kappa shape index (κ1) is 14.9. The molecular formula is C17H23N5. The van der Waals surface area contributed by atoms with Gasteiger partial charge in [0, 0.05) is 25.8 Å². The summed E-state index contributed by atoms with van der Waals surface area (Å²) in [6, 6.07) is 10.4. The molecule has 5 heteroatoms. The van der Waals surface area contributed by atoms with Crippen LogP contribution < -0.4 is 10.6 Å². The molecule has 0 bridgehead atoms. The molecule has 0 saturated carbocycles. The predicted octanol–water partition coefficient (Wildman–Crippen LogP) is 1.60. The normalized spacial score (nSPS) is 15.7. The van der Waals surface area contributed by atoms with Crippen LogP contribution in [0.15, 0.2) is 36.5 Å². The topological polar surface area (TPSA) is 58.3 Å². The lowest BCUT2D eigenvalue weighted by atomic mass is 10.0. The molecule has 22 heavy (non-hydrogen) atoms. The van der Waals surface area contributed by atoms with E-state index in [1.165, 1.54) is 11.1 Å². The van der Waals surface area contributed by atoms with Crippen LogP contribution in [0.1, 0.15) is 22.9 Å². The van der Waals surface area contributed by atoms with Crippen molar-refractivity contribution < 1.29 is 0 Å². The summed E-state index contributed by atoms with van der Waals surface area (Å²) < 4.78 is 0. The molecule has 1 aromatic heterocycles. The van der Waals surface area contributed by atoms with Crippen molar-refractivity contribution in [1.82, 2.24) is 14.9 Å². The lowest BCUT2D eigenvalue weighted by molar-refractivity contribution is 0.373. The number of rotatable bonds is 4. The van der Waals surface area contributed by atoms with Crippen LogP contribution in [-0.2, 0) is 13.0 Å². The van der Waals surface area contributed by atoms with Gasteiger partial charge < -0.3 is 15.5 Å². The van der Waals surface area contributed by atoms with E-state index in [-0.39, 0.29) is 6.04 Å². The molecule has 0 radical (unpaired) electrons. The summed E-state index contributed by atoms with van der Waals surface area (Å²) in [6.07, 6.45) is 2.85. The fraction of sp³-hybridized carbons (Fsp3) is 0.412. The van der Waals surface area contributed by atoms with Gasteiger partial charge >= 0.3 is 0 Å². The Morgan fingerprint density at radius 2 is 2.00 bits per heavy atom. The quantitative estimate of drug-likeness (QED) is 0.929. The highest BCUT2D eigenvalue weighted by Gasteiger charge is 2.19. The van der Waals surface area contributed by atoms with Gasteiger partial charge in [-0.2, -0.15) is 0 Å². The molecule has 1 aliphatic heterocycles. The van der Waals surface area contributed by atoms with Gasteiger partial charge in [-0.1, -0.05) is 24.3 Å². The fourth-order valence-corrected chi connectivity index (χ4v) is 2.87. The van der Waals surface area contributed by atoms with E-state index in [1.807, 2.05) is 26.4 Å². The zero-order valence-electron chi connectivity index (χ0n) is 13.2. The lowest BCUT2D eigenvalue weighted by Gasteiger charge is -2.29. The molecule has 0 saturated heterocycles. The second-order valence-corrected chi connectivity index (χ2v) is 6.09. The summed E-state index contributed by atoms with van der Waals surface area (Å²) in [6.45, 7) is 2.59. The third-order valence-electron chi connectivity index (χ3n) is 4.02. The second kappa shape index (κ2) is 6.42. The van der Waals surface area contributed by atoms with Gasteiger partial charge in [0.25, 0.3) is 0 Å². The van der Waals surface area contributed by atoms with Crippen LogP contribution in [0.2, 0.25) is 0 Å². The molecule has 2 N–H and O–H groups in total. The van der Waals surface area contributed by atoms with E-state index in [2.05, 4.69) is 44.0 Å². The average Bonchev–Trinajstić information content (AvgIpc) is 2.54. The highest BCUT2D eigenvalue weighted by atomic mass is 15.3. The zero-order valence-corrected chi connectivity index (χ0v) is 13.2. The van der Waals surface area contributed by atoms with Crippen LogP contribution >= 0.6 is 0 Å². The van der Waals surface area contributed by atoms with Crippen LogP contribution in [-0.4, -0.2) is 42.1 Å². The summed E-state index contributed by atoms with van der Waals surface area (Å²) in [5.74, 6) is 0.779. The number of nitrogens with zero attached hydrogens (tertiary/aromatic N) is 4. The maximum atomic E-state index is 6.22. The Bertz CT molecular complexity index is 640. The van der Waals surface area contributed by atoms with E-state index < -0.39 is 0 Å². The van der Waals surface area contributed by atoms with Crippen molar-refractivity contribution in [1.29, 1.82) is 0 Å². The number of anilines is 1. The Balaban J connectivity index is 1.79. The SMILES string of the molecule is CN(C)CC(N)c1ccnc(N2CCc3ccccc3C2)n1. The number of benzene rings is 1. The third-order valence-corrected chi connectivity index (χ3v) is 4.02. The Labute approximate surface area is 131 Å². The number of likely N-dealkylation sites (N-methyl/N-ethyl adjacent to an activating group) is 1. The molecule has 1 unspecified atom stereocenters. The average molecular weight is 297 g/mol. The first-order chi connectivity index (χ1) is 10.6. The second-order valence-electron chi connectivity index (χ2n) is 6.09. The van der Waals surface area contributed by atoms with Crippen molar-refractivity contribution in [3.05, 3.63) is 53.3 Å². The van der Waals surface area contributed by atoms with Crippen molar-refractivity contribution in [3.63, 3.8) is 0 Å². The van der Waals surface area contributed by atoms with Gasteiger partial charge in [-0.25, -0.2) is 9.97 Å². The van der Waals surface area contributed by atoms with Crippen LogP contribution in [0.5, 0.6) is 0 Å². The predicted molar refractivity (Wildman–Crippen MR) is 88.7 cm³/mol. The maximum Gasteiger partial charge on any atom is 0.225 e. The van der Waals surface area contributed by atoms with E-state index in [1.54, 1.807) is 0 Å². The van der Waals surface area contributed by atoms with Crippen LogP contribution in [0.3, 0.4) is 0 Å². The Morgan fingerprint density at radius 3 is 2.77 bits per heavy atom. The van der Waals surface area contributed by atoms with Gasteiger partial charge in [0.2, 0.25) is 5.95 Å². The molecule has 0 amide bonds. The molecule has 0 fully saturated rings. The standard InChI is InChI=1S/C17H23N5/c1-21(2)12-15(18)16-7-9-19-17(20-16)22-10-8-13-5-3-4-6-14(13)11-22/h3-7,9,15H,8,10-12,18H2,1-2H3. The molecule has 3 rings (SSSR count). The molecule has 1 aromatic carbocycles. The Hall–Kier alpha value is -1.98. The minimum Gasteiger partial charge on any atom is -0.336 e. The summed E-state index contributed by atoms with van der Waals surface area (Å²) in [5.41, 5.74) is 9.91. The number of fused-ring (bicyclic) bond motifs is 1. The third kappa shape index (κ3) is 3.26. The maximum absolute atomic E-state index is 6.22. The largest absolute Gasteiger partial charge is 0.336 e. The Kier molecular flexibility index (Phi) is 4.36. The van der Waals surface area contributed by atoms with Crippen molar-refractivity contribution in [3.8, 4) is 0 Å². The van der Waals surface area contributed by atoms with Gasteiger partial charge in [0.05, 0.1) is 11.7 Å². The minimum atomic E-state index is -0.0890. The van der Waals surface area contributed by atoms with E-state index in [0.29, 0.717) is 0 Å². The first-order valence-electron chi connectivity index (χ1n) is 7.68.